The van der Waals surface area contributed by atoms with E-state index < -0.39 is 12.1 Å². The number of carbonyl (C=O) groups is 2. The Morgan fingerprint density at radius 1 is 1.46 bits per heavy atom. The van der Waals surface area contributed by atoms with Crippen LogP contribution in [0.25, 0.3) is 0 Å². The number of nitrogens with zero attached hydrogens (tertiary/aromatic N) is 3. The van der Waals surface area contributed by atoms with E-state index in [-0.39, 0.29) is 0 Å². The highest BCUT2D eigenvalue weighted by atomic mass is 16.2. The van der Waals surface area contributed by atoms with E-state index in [1.807, 2.05) is 6.07 Å². The Bertz CT molecular complexity index is 254. The van der Waals surface area contributed by atoms with Crippen molar-refractivity contribution >= 4 is 12.1 Å². The molecule has 0 bridgehead atoms. The van der Waals surface area contributed by atoms with Crippen LogP contribution in [0.2, 0.25) is 0 Å². The van der Waals surface area contributed by atoms with Crippen molar-refractivity contribution in [3.63, 3.8) is 0 Å². The molecular weight excluding hydrogens is 174 g/mol. The third-order valence-corrected chi connectivity index (χ3v) is 0.981. The van der Waals surface area contributed by atoms with E-state index in [1.54, 1.807) is 0 Å². The molecule has 0 saturated heterocycles. The van der Waals surface area contributed by atoms with E-state index in [4.69, 9.17) is 5.26 Å². The zero-order valence-electron chi connectivity index (χ0n) is 6.86. The van der Waals surface area contributed by atoms with Crippen LogP contribution in [-0.4, -0.2) is 18.6 Å². The summed E-state index contributed by atoms with van der Waals surface area (Å²) in [5, 5.41) is 16.2. The number of azo groups is 1. The van der Waals surface area contributed by atoms with Crippen molar-refractivity contribution in [2.75, 3.05) is 6.54 Å². The summed E-state index contributed by atoms with van der Waals surface area (Å²) in [5.41, 5.74) is 4.59. The number of hydrogen-bond acceptors (Lipinski definition) is 3. The van der Waals surface area contributed by atoms with Gasteiger partial charge >= 0.3 is 12.1 Å². The van der Waals surface area contributed by atoms with Crippen molar-refractivity contribution in [3.8, 4) is 6.07 Å². The van der Waals surface area contributed by atoms with Gasteiger partial charge in [-0.1, -0.05) is 10.2 Å². The van der Waals surface area contributed by atoms with Gasteiger partial charge in [-0.3, -0.25) is 0 Å². The molecular formula is C6H9N5O2. The van der Waals surface area contributed by atoms with Crippen molar-refractivity contribution < 1.29 is 9.59 Å². The normalized spacial score (nSPS) is 9.46. The lowest BCUT2D eigenvalue weighted by atomic mass is 10.3. The number of carbonyl (C=O) groups excluding carboxylic acids is 2. The van der Waals surface area contributed by atoms with Gasteiger partial charge in [-0.2, -0.15) is 5.26 Å². The SMILES string of the molecule is N#CCCCNC(=O)N=NC(N)=O. The third-order valence-electron chi connectivity index (χ3n) is 0.981. The average Bonchev–Trinajstić information content (AvgIpc) is 2.09. The first kappa shape index (κ1) is 11.0. The molecule has 70 valence electrons. The van der Waals surface area contributed by atoms with Crippen LogP contribution in [0.5, 0.6) is 0 Å². The van der Waals surface area contributed by atoms with Gasteiger partial charge in [0.15, 0.2) is 0 Å². The molecule has 0 radical (unpaired) electrons. The summed E-state index contributed by atoms with van der Waals surface area (Å²) in [7, 11) is 0. The molecule has 0 aromatic rings. The molecule has 0 saturated carbocycles. The van der Waals surface area contributed by atoms with Gasteiger partial charge in [0.1, 0.15) is 0 Å². The minimum atomic E-state index is -1.02. The molecule has 0 unspecified atom stereocenters. The van der Waals surface area contributed by atoms with Gasteiger partial charge in [-0.05, 0) is 6.42 Å². The Hall–Kier alpha value is -1.97. The molecule has 0 aliphatic rings. The zero-order valence-corrected chi connectivity index (χ0v) is 6.86. The van der Waals surface area contributed by atoms with Crippen LogP contribution >= 0.6 is 0 Å². The summed E-state index contributed by atoms with van der Waals surface area (Å²) in [4.78, 5) is 20.7. The van der Waals surface area contributed by atoms with Gasteiger partial charge in [0, 0.05) is 13.0 Å². The van der Waals surface area contributed by atoms with Crippen molar-refractivity contribution in [2.45, 2.75) is 12.8 Å². The van der Waals surface area contributed by atoms with E-state index >= 15 is 0 Å². The molecule has 0 fully saturated rings. The molecule has 0 aromatic heterocycles. The molecule has 0 spiro atoms. The van der Waals surface area contributed by atoms with Gasteiger partial charge in [0.25, 0.3) is 0 Å². The fraction of sp³-hybridized carbons (Fsp3) is 0.500. The van der Waals surface area contributed by atoms with Crippen LogP contribution in [0.3, 0.4) is 0 Å². The fourth-order valence-electron chi connectivity index (χ4n) is 0.493. The number of nitrogens with one attached hydrogen (secondary N) is 1. The highest BCUT2D eigenvalue weighted by Crippen LogP contribution is 1.84. The summed E-state index contributed by atoms with van der Waals surface area (Å²) in [5.74, 6) is 0. The van der Waals surface area contributed by atoms with Crippen LogP contribution in [0.1, 0.15) is 12.8 Å². The zero-order chi connectivity index (χ0) is 10.1. The van der Waals surface area contributed by atoms with Gasteiger partial charge in [0.2, 0.25) is 0 Å². The van der Waals surface area contributed by atoms with Crippen LogP contribution in [0.4, 0.5) is 9.59 Å². The first-order valence-electron chi connectivity index (χ1n) is 3.52. The summed E-state index contributed by atoms with van der Waals surface area (Å²) in [6, 6.07) is 0.152. The quantitative estimate of drug-likeness (QED) is 0.490. The number of rotatable bonds is 3. The molecule has 7 heteroatoms. The van der Waals surface area contributed by atoms with Crippen molar-refractivity contribution in [1.82, 2.24) is 5.32 Å². The number of unbranched alkanes of at least 4 members (excludes halogenated alkanes) is 1. The largest absolute Gasteiger partial charge is 0.359 e. The molecule has 3 N–H and O–H groups in total. The Labute approximate surface area is 74.6 Å². The van der Waals surface area contributed by atoms with Crippen LogP contribution in [0.15, 0.2) is 10.2 Å². The van der Waals surface area contributed by atoms with Crippen molar-refractivity contribution in [3.05, 3.63) is 0 Å². The molecule has 0 aliphatic heterocycles. The van der Waals surface area contributed by atoms with Gasteiger partial charge in [-0.15, -0.1) is 0 Å². The van der Waals surface area contributed by atoms with Crippen LogP contribution < -0.4 is 11.1 Å². The van der Waals surface area contributed by atoms with E-state index in [2.05, 4.69) is 21.3 Å². The fourth-order valence-corrected chi connectivity index (χ4v) is 0.493. The average molecular weight is 183 g/mol. The second-order valence-electron chi connectivity index (χ2n) is 2.03. The number of primary amides is 1. The van der Waals surface area contributed by atoms with Crippen LogP contribution in [0, 0.1) is 11.3 Å². The summed E-state index contributed by atoms with van der Waals surface area (Å²) < 4.78 is 0. The first-order valence-corrected chi connectivity index (χ1v) is 3.52. The number of nitriles is 1. The topological polar surface area (TPSA) is 121 Å². The Morgan fingerprint density at radius 3 is 2.69 bits per heavy atom. The monoisotopic (exact) mass is 183 g/mol. The third kappa shape index (κ3) is 7.93. The number of amides is 4. The molecule has 7 nitrogen and oxygen atoms in total. The van der Waals surface area contributed by atoms with E-state index in [0.29, 0.717) is 19.4 Å². The number of urea groups is 2. The first-order chi connectivity index (χ1) is 6.16. The molecule has 0 aliphatic carbocycles. The maximum absolute atomic E-state index is 10.6. The van der Waals surface area contributed by atoms with Crippen molar-refractivity contribution in [1.29, 1.82) is 5.26 Å². The number of hydrogen-bond donors (Lipinski definition) is 2. The van der Waals surface area contributed by atoms with E-state index in [0.717, 1.165) is 0 Å². The second kappa shape index (κ2) is 6.72. The van der Waals surface area contributed by atoms with Gasteiger partial charge < -0.3 is 11.1 Å². The minimum absolute atomic E-state index is 0.324. The molecule has 4 amide bonds. The van der Waals surface area contributed by atoms with E-state index in [1.165, 1.54) is 0 Å². The summed E-state index contributed by atoms with van der Waals surface area (Å²) >= 11 is 0. The maximum atomic E-state index is 10.6. The lowest BCUT2D eigenvalue weighted by molar-refractivity contribution is 0.244. The van der Waals surface area contributed by atoms with Crippen molar-refractivity contribution in [2.24, 2.45) is 16.0 Å². The number of nitrogens with two attached hydrogens (primary N) is 1. The highest BCUT2D eigenvalue weighted by Gasteiger charge is 1.96. The predicted octanol–water partition coefficient (Wildman–Crippen LogP) is 0.531. The Morgan fingerprint density at radius 2 is 2.15 bits per heavy atom. The lowest BCUT2D eigenvalue weighted by Crippen LogP contribution is -2.20. The standard InChI is InChI=1S/C6H9N5O2/c7-3-1-2-4-9-6(13)11-10-5(8)12/h1-2,4H2,(H2,8,12)(H,9,13). The van der Waals surface area contributed by atoms with E-state index in [9.17, 15) is 9.59 Å². The maximum Gasteiger partial charge on any atom is 0.359 e. The summed E-state index contributed by atoms with van der Waals surface area (Å²) in [6.07, 6.45) is 0.890. The molecule has 0 rings (SSSR count). The van der Waals surface area contributed by atoms with Gasteiger partial charge in [-0.25, -0.2) is 9.59 Å². The Kier molecular flexibility index (Phi) is 5.70. The predicted molar refractivity (Wildman–Crippen MR) is 42.7 cm³/mol. The smallest absolute Gasteiger partial charge is 0.348 e. The molecule has 13 heavy (non-hydrogen) atoms. The molecule has 0 heterocycles. The van der Waals surface area contributed by atoms with Gasteiger partial charge in [0.05, 0.1) is 6.07 Å². The Balaban J connectivity index is 3.53. The lowest BCUT2D eigenvalue weighted by Gasteiger charge is -1.95. The van der Waals surface area contributed by atoms with Crippen LogP contribution in [-0.2, 0) is 0 Å². The summed E-state index contributed by atoms with van der Waals surface area (Å²) in [6.45, 7) is 0.324. The highest BCUT2D eigenvalue weighted by molar-refractivity contribution is 5.78. The minimum Gasteiger partial charge on any atom is -0.348 e. The molecule has 0 aromatic carbocycles. The molecule has 0 atom stereocenters. The second-order valence-corrected chi connectivity index (χ2v) is 2.03.